The minimum Gasteiger partial charge on any atom is -0.297 e. The van der Waals surface area contributed by atoms with Crippen molar-refractivity contribution in [2.45, 2.75) is 46.1 Å². The molecule has 0 N–H and O–H groups in total. The first-order valence-corrected chi connectivity index (χ1v) is 7.16. The summed E-state index contributed by atoms with van der Waals surface area (Å²) in [5.41, 5.74) is 2.58. The number of nitrogens with zero attached hydrogens (tertiary/aromatic N) is 3. The van der Waals surface area contributed by atoms with E-state index in [0.29, 0.717) is 11.2 Å². The van der Waals surface area contributed by atoms with Crippen LogP contribution in [-0.2, 0) is 13.0 Å². The zero-order chi connectivity index (χ0) is 13.8. The fourth-order valence-corrected chi connectivity index (χ4v) is 2.26. The maximum atomic E-state index is 6.10. The average molecular weight is 278 g/mol. The van der Waals surface area contributed by atoms with Gasteiger partial charge in [0.1, 0.15) is 5.82 Å². The molecule has 1 heterocycles. The SMILES string of the molecule is CCCc1nnc(Cl)n1Cc1ccc(C(C)C)cc1. The van der Waals surface area contributed by atoms with Gasteiger partial charge in [0.2, 0.25) is 5.28 Å². The summed E-state index contributed by atoms with van der Waals surface area (Å²) >= 11 is 6.10. The van der Waals surface area contributed by atoms with E-state index in [1.165, 1.54) is 11.1 Å². The van der Waals surface area contributed by atoms with Crippen molar-refractivity contribution in [2.24, 2.45) is 0 Å². The minimum atomic E-state index is 0.469. The number of hydrogen-bond donors (Lipinski definition) is 0. The van der Waals surface area contributed by atoms with Crippen molar-refractivity contribution in [3.05, 3.63) is 46.5 Å². The summed E-state index contributed by atoms with van der Waals surface area (Å²) in [4.78, 5) is 0. The normalized spacial score (nSPS) is 11.2. The van der Waals surface area contributed by atoms with Crippen LogP contribution in [0.4, 0.5) is 0 Å². The molecule has 0 unspecified atom stereocenters. The Bertz CT molecular complexity index is 529. The van der Waals surface area contributed by atoms with E-state index in [4.69, 9.17) is 11.6 Å². The molecule has 0 spiro atoms. The standard InChI is InChI=1S/C15H20ClN3/c1-4-5-14-17-18-15(16)19(14)10-12-6-8-13(9-7-12)11(2)3/h6-9,11H,4-5,10H2,1-3H3. The summed E-state index contributed by atoms with van der Waals surface area (Å²) in [6.45, 7) is 7.26. The summed E-state index contributed by atoms with van der Waals surface area (Å²) in [6.07, 6.45) is 1.95. The van der Waals surface area contributed by atoms with Gasteiger partial charge < -0.3 is 0 Å². The number of benzene rings is 1. The van der Waals surface area contributed by atoms with Crippen LogP contribution < -0.4 is 0 Å². The van der Waals surface area contributed by atoms with Crippen molar-refractivity contribution in [2.75, 3.05) is 0 Å². The van der Waals surface area contributed by atoms with Gasteiger partial charge in [-0.05, 0) is 35.1 Å². The van der Waals surface area contributed by atoms with Crippen molar-refractivity contribution < 1.29 is 0 Å². The first-order valence-electron chi connectivity index (χ1n) is 6.78. The largest absolute Gasteiger partial charge is 0.297 e. The molecule has 0 radical (unpaired) electrons. The maximum absolute atomic E-state index is 6.10. The van der Waals surface area contributed by atoms with Crippen molar-refractivity contribution in [3.8, 4) is 0 Å². The van der Waals surface area contributed by atoms with Gasteiger partial charge in [-0.15, -0.1) is 10.2 Å². The Balaban J connectivity index is 2.18. The second-order valence-corrected chi connectivity index (χ2v) is 5.46. The molecule has 1 aromatic carbocycles. The monoisotopic (exact) mass is 277 g/mol. The number of rotatable bonds is 5. The van der Waals surface area contributed by atoms with E-state index in [9.17, 15) is 0 Å². The number of aromatic nitrogens is 3. The first kappa shape index (κ1) is 14.1. The number of hydrogen-bond acceptors (Lipinski definition) is 2. The van der Waals surface area contributed by atoms with E-state index < -0.39 is 0 Å². The van der Waals surface area contributed by atoms with Crippen LogP contribution in [0.25, 0.3) is 0 Å². The highest BCUT2D eigenvalue weighted by atomic mass is 35.5. The van der Waals surface area contributed by atoms with Gasteiger partial charge in [-0.1, -0.05) is 45.0 Å². The zero-order valence-corrected chi connectivity index (χ0v) is 12.5. The van der Waals surface area contributed by atoms with Crippen molar-refractivity contribution in [3.63, 3.8) is 0 Å². The summed E-state index contributed by atoms with van der Waals surface area (Å²) in [6, 6.07) is 8.66. The van der Waals surface area contributed by atoms with Crippen molar-refractivity contribution >= 4 is 11.6 Å². The van der Waals surface area contributed by atoms with E-state index in [1.807, 2.05) is 4.57 Å². The molecular weight excluding hydrogens is 258 g/mol. The van der Waals surface area contributed by atoms with Crippen LogP contribution >= 0.6 is 11.6 Å². The van der Waals surface area contributed by atoms with Crippen LogP contribution in [0.5, 0.6) is 0 Å². The predicted molar refractivity (Wildman–Crippen MR) is 78.7 cm³/mol. The van der Waals surface area contributed by atoms with E-state index in [2.05, 4.69) is 55.2 Å². The molecule has 4 heteroatoms. The van der Waals surface area contributed by atoms with Gasteiger partial charge in [0.25, 0.3) is 0 Å². The van der Waals surface area contributed by atoms with E-state index in [0.717, 1.165) is 25.2 Å². The van der Waals surface area contributed by atoms with Crippen LogP contribution in [0.2, 0.25) is 5.28 Å². The Kier molecular flexibility index (Phi) is 4.59. The number of halogens is 1. The molecule has 0 aliphatic heterocycles. The molecule has 0 saturated carbocycles. The molecule has 0 aliphatic carbocycles. The summed E-state index contributed by atoms with van der Waals surface area (Å²) in [5, 5.41) is 8.55. The zero-order valence-electron chi connectivity index (χ0n) is 11.7. The maximum Gasteiger partial charge on any atom is 0.225 e. The van der Waals surface area contributed by atoms with Gasteiger partial charge in [-0.2, -0.15) is 0 Å². The first-order chi connectivity index (χ1) is 9.11. The lowest BCUT2D eigenvalue weighted by atomic mass is 10.0. The lowest BCUT2D eigenvalue weighted by molar-refractivity contribution is 0.705. The summed E-state index contributed by atoms with van der Waals surface area (Å²) in [5.74, 6) is 1.52. The highest BCUT2D eigenvalue weighted by Crippen LogP contribution is 2.17. The van der Waals surface area contributed by atoms with Crippen molar-refractivity contribution in [1.29, 1.82) is 0 Å². The van der Waals surface area contributed by atoms with Gasteiger partial charge in [-0.3, -0.25) is 4.57 Å². The molecule has 2 aromatic rings. The second kappa shape index (κ2) is 6.20. The summed E-state index contributed by atoms with van der Waals surface area (Å²) < 4.78 is 1.98. The third kappa shape index (κ3) is 3.35. The molecule has 1 aromatic heterocycles. The molecule has 0 aliphatic rings. The highest BCUT2D eigenvalue weighted by molar-refractivity contribution is 6.28. The lowest BCUT2D eigenvalue weighted by Crippen LogP contribution is -2.05. The number of aryl methyl sites for hydroxylation is 1. The van der Waals surface area contributed by atoms with E-state index in [1.54, 1.807) is 0 Å². The quantitative estimate of drug-likeness (QED) is 0.825. The molecule has 0 bridgehead atoms. The molecule has 19 heavy (non-hydrogen) atoms. The highest BCUT2D eigenvalue weighted by Gasteiger charge is 2.10. The Morgan fingerprint density at radius 3 is 2.42 bits per heavy atom. The molecule has 0 saturated heterocycles. The van der Waals surface area contributed by atoms with Crippen LogP contribution in [-0.4, -0.2) is 14.8 Å². The lowest BCUT2D eigenvalue weighted by Gasteiger charge is -2.09. The average Bonchev–Trinajstić information content (AvgIpc) is 2.73. The Morgan fingerprint density at radius 1 is 1.16 bits per heavy atom. The molecule has 0 amide bonds. The van der Waals surface area contributed by atoms with Gasteiger partial charge in [0, 0.05) is 6.42 Å². The molecule has 3 nitrogen and oxygen atoms in total. The Labute approximate surface area is 119 Å². The van der Waals surface area contributed by atoms with Crippen LogP contribution in [0.15, 0.2) is 24.3 Å². The van der Waals surface area contributed by atoms with Crippen LogP contribution in [0, 0.1) is 0 Å². The summed E-state index contributed by atoms with van der Waals surface area (Å²) in [7, 11) is 0. The van der Waals surface area contributed by atoms with Gasteiger partial charge in [-0.25, -0.2) is 0 Å². The molecule has 0 fully saturated rings. The van der Waals surface area contributed by atoms with E-state index in [-0.39, 0.29) is 0 Å². The Morgan fingerprint density at radius 2 is 1.84 bits per heavy atom. The fourth-order valence-electron chi connectivity index (χ4n) is 2.07. The Hall–Kier alpha value is -1.35. The molecule has 102 valence electrons. The molecular formula is C15H20ClN3. The van der Waals surface area contributed by atoms with Gasteiger partial charge >= 0.3 is 0 Å². The van der Waals surface area contributed by atoms with Crippen molar-refractivity contribution in [1.82, 2.24) is 14.8 Å². The third-order valence-electron chi connectivity index (χ3n) is 3.24. The second-order valence-electron chi connectivity index (χ2n) is 5.12. The van der Waals surface area contributed by atoms with Crippen LogP contribution in [0.1, 0.15) is 50.1 Å². The fraction of sp³-hybridized carbons (Fsp3) is 0.467. The predicted octanol–water partition coefficient (Wildman–Crippen LogP) is 4.06. The van der Waals surface area contributed by atoms with Gasteiger partial charge in [0.15, 0.2) is 0 Å². The van der Waals surface area contributed by atoms with Gasteiger partial charge in [0.05, 0.1) is 6.54 Å². The smallest absolute Gasteiger partial charge is 0.225 e. The van der Waals surface area contributed by atoms with Crippen LogP contribution in [0.3, 0.4) is 0 Å². The minimum absolute atomic E-state index is 0.469. The molecule has 2 rings (SSSR count). The molecule has 0 atom stereocenters. The topological polar surface area (TPSA) is 30.7 Å². The van der Waals surface area contributed by atoms with E-state index >= 15 is 0 Å². The third-order valence-corrected chi connectivity index (χ3v) is 3.52.